The third-order valence-corrected chi connectivity index (χ3v) is 5.92. The lowest BCUT2D eigenvalue weighted by Gasteiger charge is -2.32. The molecule has 144 valence electrons. The average Bonchev–Trinajstić information content (AvgIpc) is 3.38. The highest BCUT2D eigenvalue weighted by atomic mass is 32.2. The van der Waals surface area contributed by atoms with Gasteiger partial charge in [-0.25, -0.2) is 13.6 Å². The summed E-state index contributed by atoms with van der Waals surface area (Å²) in [6.07, 6.45) is 3.69. The van der Waals surface area contributed by atoms with Crippen molar-refractivity contribution in [1.29, 1.82) is 0 Å². The predicted molar refractivity (Wildman–Crippen MR) is 94.9 cm³/mol. The van der Waals surface area contributed by atoms with Crippen molar-refractivity contribution in [3.05, 3.63) is 40.0 Å². The number of aromatic nitrogens is 2. The maximum absolute atomic E-state index is 11.7. The molecule has 2 aliphatic rings. The van der Waals surface area contributed by atoms with Crippen LogP contribution in [0, 0.1) is 10.1 Å². The van der Waals surface area contributed by atoms with Crippen LogP contribution in [0.25, 0.3) is 0 Å². The number of hydrogen-bond acceptors (Lipinski definition) is 8. The molecule has 10 nitrogen and oxygen atoms in total. The Hall–Kier alpha value is -2.53. The number of benzene rings is 1. The standard InChI is InChI=1S/C16H19N5O5S/c17-27(24,25)14-8-12(7-13(9-14)21(22)23)20-5-3-10(4-6-20)15-18-16(26-19-15)11-1-2-11/h7-11H,1-6H2,(H2,17,24,25). The van der Waals surface area contributed by atoms with Crippen LogP contribution in [-0.2, 0) is 10.0 Å². The summed E-state index contributed by atoms with van der Waals surface area (Å²) in [5.74, 6) is 1.99. The molecule has 1 aliphatic heterocycles. The number of primary sulfonamides is 1. The minimum absolute atomic E-state index is 0.161. The van der Waals surface area contributed by atoms with Crippen molar-refractivity contribution in [2.45, 2.75) is 42.4 Å². The molecule has 4 rings (SSSR count). The quantitative estimate of drug-likeness (QED) is 0.598. The Bertz CT molecular complexity index is 977. The van der Waals surface area contributed by atoms with Crippen molar-refractivity contribution in [2.24, 2.45) is 5.14 Å². The molecule has 0 amide bonds. The normalized spacial score (nSPS) is 18.6. The second-order valence-corrected chi connectivity index (χ2v) is 8.58. The summed E-state index contributed by atoms with van der Waals surface area (Å²) in [4.78, 5) is 16.7. The van der Waals surface area contributed by atoms with Gasteiger partial charge in [-0.2, -0.15) is 4.98 Å². The van der Waals surface area contributed by atoms with Crippen molar-refractivity contribution in [3.63, 3.8) is 0 Å². The lowest BCUT2D eigenvalue weighted by molar-refractivity contribution is -0.385. The third kappa shape index (κ3) is 3.78. The summed E-state index contributed by atoms with van der Waals surface area (Å²) in [6, 6.07) is 3.72. The third-order valence-electron chi connectivity index (χ3n) is 5.02. The lowest BCUT2D eigenvalue weighted by atomic mass is 9.95. The predicted octanol–water partition coefficient (Wildman–Crippen LogP) is 1.89. The number of piperidine rings is 1. The highest BCUT2D eigenvalue weighted by Gasteiger charge is 2.32. The molecule has 1 aromatic heterocycles. The van der Waals surface area contributed by atoms with Gasteiger partial charge in [-0.15, -0.1) is 0 Å². The Morgan fingerprint density at radius 3 is 2.44 bits per heavy atom. The Labute approximate surface area is 155 Å². The van der Waals surface area contributed by atoms with Crippen molar-refractivity contribution in [3.8, 4) is 0 Å². The molecule has 0 spiro atoms. The van der Waals surface area contributed by atoms with Gasteiger partial charge in [0.25, 0.3) is 5.69 Å². The summed E-state index contributed by atoms with van der Waals surface area (Å²) in [5.41, 5.74) is 0.171. The van der Waals surface area contributed by atoms with Gasteiger partial charge in [0.15, 0.2) is 5.82 Å². The van der Waals surface area contributed by atoms with Gasteiger partial charge in [-0.05, 0) is 31.7 Å². The molecule has 1 saturated carbocycles. The molecule has 2 N–H and O–H groups in total. The summed E-state index contributed by atoms with van der Waals surface area (Å²) in [5, 5.41) is 20.4. The van der Waals surface area contributed by atoms with E-state index in [1.165, 1.54) is 12.1 Å². The molecular weight excluding hydrogens is 374 g/mol. The Kier molecular flexibility index (Phi) is 4.35. The van der Waals surface area contributed by atoms with Gasteiger partial charge in [0.2, 0.25) is 15.9 Å². The van der Waals surface area contributed by atoms with Crippen molar-refractivity contribution in [1.82, 2.24) is 10.1 Å². The second kappa shape index (κ2) is 6.57. The Morgan fingerprint density at radius 1 is 1.15 bits per heavy atom. The van der Waals surface area contributed by atoms with E-state index in [9.17, 15) is 18.5 Å². The first-order valence-corrected chi connectivity index (χ1v) is 10.3. The summed E-state index contributed by atoms with van der Waals surface area (Å²) >= 11 is 0. The lowest BCUT2D eigenvalue weighted by Crippen LogP contribution is -2.33. The summed E-state index contributed by atoms with van der Waals surface area (Å²) < 4.78 is 28.6. The van der Waals surface area contributed by atoms with E-state index in [0.29, 0.717) is 36.4 Å². The van der Waals surface area contributed by atoms with Crippen molar-refractivity contribution >= 4 is 21.4 Å². The topological polar surface area (TPSA) is 145 Å². The largest absolute Gasteiger partial charge is 0.371 e. The fourth-order valence-corrected chi connectivity index (χ4v) is 3.90. The number of nitro benzene ring substituents is 1. The number of sulfonamides is 1. The molecule has 1 aromatic carbocycles. The summed E-state index contributed by atoms with van der Waals surface area (Å²) in [6.45, 7) is 1.20. The van der Waals surface area contributed by atoms with E-state index in [4.69, 9.17) is 9.66 Å². The van der Waals surface area contributed by atoms with Gasteiger partial charge in [0.05, 0.1) is 9.82 Å². The highest BCUT2D eigenvalue weighted by Crippen LogP contribution is 2.40. The van der Waals surface area contributed by atoms with Crippen LogP contribution in [0.1, 0.15) is 49.2 Å². The average molecular weight is 393 g/mol. The number of nitro groups is 1. The first-order chi connectivity index (χ1) is 12.8. The van der Waals surface area contributed by atoms with Crippen LogP contribution in [0.2, 0.25) is 0 Å². The van der Waals surface area contributed by atoms with E-state index in [1.807, 2.05) is 4.90 Å². The zero-order valence-corrected chi connectivity index (χ0v) is 15.3. The number of nitrogens with zero attached hydrogens (tertiary/aromatic N) is 4. The molecule has 11 heteroatoms. The van der Waals surface area contributed by atoms with Gasteiger partial charge in [0.1, 0.15) is 0 Å². The van der Waals surface area contributed by atoms with Crippen molar-refractivity contribution < 1.29 is 17.9 Å². The number of hydrogen-bond donors (Lipinski definition) is 1. The summed E-state index contributed by atoms with van der Waals surface area (Å²) in [7, 11) is -4.04. The van der Waals surface area contributed by atoms with Gasteiger partial charge in [-0.1, -0.05) is 5.16 Å². The van der Waals surface area contributed by atoms with Gasteiger partial charge >= 0.3 is 0 Å². The van der Waals surface area contributed by atoms with Gasteiger partial charge < -0.3 is 9.42 Å². The number of nitrogens with two attached hydrogens (primary N) is 1. The fourth-order valence-electron chi connectivity index (χ4n) is 3.33. The van der Waals surface area contributed by atoms with Crippen LogP contribution < -0.4 is 10.0 Å². The van der Waals surface area contributed by atoms with Crippen LogP contribution >= 0.6 is 0 Å². The smallest absolute Gasteiger partial charge is 0.272 e. The van der Waals surface area contributed by atoms with E-state index < -0.39 is 14.9 Å². The van der Waals surface area contributed by atoms with E-state index in [0.717, 1.165) is 31.7 Å². The van der Waals surface area contributed by atoms with Crippen LogP contribution in [0.15, 0.2) is 27.6 Å². The van der Waals surface area contributed by atoms with Crippen molar-refractivity contribution in [2.75, 3.05) is 18.0 Å². The zero-order valence-electron chi connectivity index (χ0n) is 14.4. The molecule has 1 saturated heterocycles. The molecule has 2 aromatic rings. The molecule has 0 radical (unpaired) electrons. The molecule has 2 fully saturated rings. The molecule has 0 atom stereocenters. The molecule has 0 bridgehead atoms. The van der Waals surface area contributed by atoms with Crippen LogP contribution in [-0.4, -0.2) is 36.6 Å². The maximum Gasteiger partial charge on any atom is 0.272 e. The van der Waals surface area contributed by atoms with E-state index >= 15 is 0 Å². The minimum atomic E-state index is -4.04. The van der Waals surface area contributed by atoms with E-state index in [-0.39, 0.29) is 16.5 Å². The first-order valence-electron chi connectivity index (χ1n) is 8.72. The van der Waals surface area contributed by atoms with Crippen LogP contribution in [0.4, 0.5) is 11.4 Å². The minimum Gasteiger partial charge on any atom is -0.371 e. The molecule has 27 heavy (non-hydrogen) atoms. The maximum atomic E-state index is 11.7. The first kappa shape index (κ1) is 17.9. The molecule has 0 unspecified atom stereocenters. The molecule has 1 aliphatic carbocycles. The van der Waals surface area contributed by atoms with Gasteiger partial charge in [0, 0.05) is 42.7 Å². The zero-order chi connectivity index (χ0) is 19.2. The van der Waals surface area contributed by atoms with Crippen LogP contribution in [0.5, 0.6) is 0 Å². The Morgan fingerprint density at radius 2 is 1.85 bits per heavy atom. The molecular formula is C16H19N5O5S. The SMILES string of the molecule is NS(=O)(=O)c1cc(N2CCC(c3noc(C4CC4)n3)CC2)cc([N+](=O)[O-])c1. The second-order valence-electron chi connectivity index (χ2n) is 7.01. The monoisotopic (exact) mass is 393 g/mol. The number of anilines is 1. The van der Waals surface area contributed by atoms with Gasteiger partial charge in [-0.3, -0.25) is 10.1 Å². The van der Waals surface area contributed by atoms with E-state index in [2.05, 4.69) is 10.1 Å². The van der Waals surface area contributed by atoms with Crippen LogP contribution in [0.3, 0.4) is 0 Å². The Balaban J connectivity index is 1.51. The number of non-ortho nitro benzene ring substituents is 1. The van der Waals surface area contributed by atoms with E-state index in [1.54, 1.807) is 0 Å². The highest BCUT2D eigenvalue weighted by molar-refractivity contribution is 7.89. The fraction of sp³-hybridized carbons (Fsp3) is 0.500. The molecule has 2 heterocycles. The number of rotatable bonds is 5.